The molecular formula is C9H13BrN2O2. The molecule has 1 rings (SSSR count). The van der Waals surface area contributed by atoms with E-state index in [1.165, 1.54) is 0 Å². The van der Waals surface area contributed by atoms with Gasteiger partial charge in [0.1, 0.15) is 4.60 Å². The number of hydrogen-bond acceptors (Lipinski definition) is 2. The number of carboxylic acids is 1. The van der Waals surface area contributed by atoms with Crippen LogP contribution in [0.5, 0.6) is 0 Å². The van der Waals surface area contributed by atoms with E-state index in [0.29, 0.717) is 6.42 Å². The predicted octanol–water partition coefficient (Wildman–Crippen LogP) is 1.84. The molecule has 0 radical (unpaired) electrons. The van der Waals surface area contributed by atoms with Crippen LogP contribution in [0.1, 0.15) is 19.0 Å². The van der Waals surface area contributed by atoms with E-state index in [1.807, 2.05) is 13.1 Å². The minimum absolute atomic E-state index is 0.302. The summed E-state index contributed by atoms with van der Waals surface area (Å²) in [6.45, 7) is 1.72. The molecule has 0 bridgehead atoms. The van der Waals surface area contributed by atoms with Crippen LogP contribution in [0.2, 0.25) is 0 Å². The van der Waals surface area contributed by atoms with Crippen molar-refractivity contribution in [1.29, 1.82) is 0 Å². The number of halogens is 1. The number of rotatable bonds is 4. The highest BCUT2D eigenvalue weighted by molar-refractivity contribution is 9.10. The first-order chi connectivity index (χ1) is 6.50. The highest BCUT2D eigenvalue weighted by atomic mass is 79.9. The molecule has 1 aromatic heterocycles. The van der Waals surface area contributed by atoms with Crippen molar-refractivity contribution in [2.24, 2.45) is 13.0 Å². The standard InChI is InChI=1S/C9H13BrN2O2/c1-6(9(13)14)3-4-7-5-8(10)11-12(7)2/h5-6H,3-4H2,1-2H3,(H,13,14). The topological polar surface area (TPSA) is 55.1 Å². The monoisotopic (exact) mass is 260 g/mol. The number of nitrogens with zero attached hydrogens (tertiary/aromatic N) is 2. The van der Waals surface area contributed by atoms with E-state index < -0.39 is 5.97 Å². The summed E-state index contributed by atoms with van der Waals surface area (Å²) in [5.74, 6) is -1.05. The summed E-state index contributed by atoms with van der Waals surface area (Å²) in [4.78, 5) is 10.6. The molecule has 0 saturated heterocycles. The third-order valence-electron chi connectivity index (χ3n) is 2.20. The van der Waals surface area contributed by atoms with Crippen LogP contribution in [0.15, 0.2) is 10.7 Å². The van der Waals surface area contributed by atoms with E-state index in [1.54, 1.807) is 11.6 Å². The molecule has 0 aliphatic heterocycles. The van der Waals surface area contributed by atoms with Crippen molar-refractivity contribution in [3.05, 3.63) is 16.4 Å². The second kappa shape index (κ2) is 4.59. The number of carbonyl (C=O) groups is 1. The average molecular weight is 261 g/mol. The summed E-state index contributed by atoms with van der Waals surface area (Å²) in [5, 5.41) is 12.8. The molecule has 5 heteroatoms. The zero-order valence-electron chi connectivity index (χ0n) is 8.20. The molecular weight excluding hydrogens is 248 g/mol. The number of aryl methyl sites for hydroxylation is 2. The Balaban J connectivity index is 2.53. The van der Waals surface area contributed by atoms with Crippen molar-refractivity contribution < 1.29 is 9.90 Å². The van der Waals surface area contributed by atoms with Crippen LogP contribution in [0.25, 0.3) is 0 Å². The molecule has 0 aliphatic carbocycles. The van der Waals surface area contributed by atoms with Crippen LogP contribution in [-0.4, -0.2) is 20.9 Å². The average Bonchev–Trinajstić information content (AvgIpc) is 2.40. The Labute approximate surface area is 91.1 Å². The summed E-state index contributed by atoms with van der Waals surface area (Å²) >= 11 is 3.27. The largest absolute Gasteiger partial charge is 0.481 e. The van der Waals surface area contributed by atoms with Crippen molar-refractivity contribution >= 4 is 21.9 Å². The zero-order chi connectivity index (χ0) is 10.7. The molecule has 1 atom stereocenters. The molecule has 14 heavy (non-hydrogen) atoms. The maximum absolute atomic E-state index is 10.6. The smallest absolute Gasteiger partial charge is 0.306 e. The minimum Gasteiger partial charge on any atom is -0.481 e. The van der Waals surface area contributed by atoms with Gasteiger partial charge in [-0.2, -0.15) is 5.10 Å². The second-order valence-electron chi connectivity index (χ2n) is 3.36. The van der Waals surface area contributed by atoms with E-state index in [-0.39, 0.29) is 5.92 Å². The lowest BCUT2D eigenvalue weighted by molar-refractivity contribution is -0.141. The highest BCUT2D eigenvalue weighted by Gasteiger charge is 2.12. The summed E-state index contributed by atoms with van der Waals surface area (Å²) in [6.07, 6.45) is 1.38. The predicted molar refractivity (Wildman–Crippen MR) is 56.0 cm³/mol. The Morgan fingerprint density at radius 3 is 2.86 bits per heavy atom. The van der Waals surface area contributed by atoms with Crippen molar-refractivity contribution in [3.8, 4) is 0 Å². The van der Waals surface area contributed by atoms with Crippen molar-refractivity contribution in [1.82, 2.24) is 9.78 Å². The number of aliphatic carboxylic acids is 1. The van der Waals surface area contributed by atoms with Gasteiger partial charge in [0, 0.05) is 12.7 Å². The molecule has 0 aromatic carbocycles. The van der Waals surface area contributed by atoms with Gasteiger partial charge in [0.25, 0.3) is 0 Å². The SMILES string of the molecule is CC(CCc1cc(Br)nn1C)C(=O)O. The van der Waals surface area contributed by atoms with E-state index in [4.69, 9.17) is 5.11 Å². The first kappa shape index (κ1) is 11.2. The van der Waals surface area contributed by atoms with Gasteiger partial charge in [-0.05, 0) is 34.8 Å². The Kier molecular flexibility index (Phi) is 3.69. The Morgan fingerprint density at radius 1 is 1.79 bits per heavy atom. The summed E-state index contributed by atoms with van der Waals surface area (Å²) < 4.78 is 2.55. The zero-order valence-corrected chi connectivity index (χ0v) is 9.78. The third kappa shape index (κ3) is 2.83. The van der Waals surface area contributed by atoms with Crippen molar-refractivity contribution in [3.63, 3.8) is 0 Å². The van der Waals surface area contributed by atoms with Gasteiger partial charge in [-0.25, -0.2) is 0 Å². The van der Waals surface area contributed by atoms with Gasteiger partial charge in [-0.3, -0.25) is 9.48 Å². The maximum atomic E-state index is 10.6. The molecule has 0 amide bonds. The Morgan fingerprint density at radius 2 is 2.43 bits per heavy atom. The van der Waals surface area contributed by atoms with Crippen LogP contribution in [0, 0.1) is 5.92 Å². The van der Waals surface area contributed by atoms with Gasteiger partial charge in [-0.1, -0.05) is 6.92 Å². The lowest BCUT2D eigenvalue weighted by atomic mass is 10.0. The van der Waals surface area contributed by atoms with E-state index in [0.717, 1.165) is 16.7 Å². The molecule has 0 fully saturated rings. The molecule has 0 spiro atoms. The molecule has 0 saturated carbocycles. The van der Waals surface area contributed by atoms with E-state index in [2.05, 4.69) is 21.0 Å². The Bertz CT molecular complexity index is 336. The molecule has 1 heterocycles. The first-order valence-corrected chi connectivity index (χ1v) is 5.21. The van der Waals surface area contributed by atoms with Gasteiger partial charge in [0.2, 0.25) is 0 Å². The lowest BCUT2D eigenvalue weighted by Crippen LogP contribution is -2.11. The van der Waals surface area contributed by atoms with Crippen LogP contribution in [-0.2, 0) is 18.3 Å². The van der Waals surface area contributed by atoms with E-state index in [9.17, 15) is 4.79 Å². The Hall–Kier alpha value is -0.840. The summed E-state index contributed by atoms with van der Waals surface area (Å²) in [6, 6.07) is 1.91. The summed E-state index contributed by atoms with van der Waals surface area (Å²) in [5.41, 5.74) is 1.05. The second-order valence-corrected chi connectivity index (χ2v) is 4.17. The maximum Gasteiger partial charge on any atom is 0.306 e. The van der Waals surface area contributed by atoms with Gasteiger partial charge >= 0.3 is 5.97 Å². The van der Waals surface area contributed by atoms with Gasteiger partial charge in [0.05, 0.1) is 5.92 Å². The van der Waals surface area contributed by atoms with Crippen LogP contribution in [0.4, 0.5) is 0 Å². The number of aromatic nitrogens is 2. The third-order valence-corrected chi connectivity index (χ3v) is 2.59. The van der Waals surface area contributed by atoms with Crippen LogP contribution < -0.4 is 0 Å². The minimum atomic E-state index is -0.744. The summed E-state index contributed by atoms with van der Waals surface area (Å²) in [7, 11) is 1.85. The quantitative estimate of drug-likeness (QED) is 0.899. The fourth-order valence-corrected chi connectivity index (χ4v) is 1.69. The van der Waals surface area contributed by atoms with Crippen LogP contribution >= 0.6 is 15.9 Å². The molecule has 0 aliphatic rings. The molecule has 4 nitrogen and oxygen atoms in total. The fraction of sp³-hybridized carbons (Fsp3) is 0.556. The van der Waals surface area contributed by atoms with Crippen LogP contribution in [0.3, 0.4) is 0 Å². The first-order valence-electron chi connectivity index (χ1n) is 4.42. The number of carboxylic acid groups (broad SMARTS) is 1. The fourth-order valence-electron chi connectivity index (χ4n) is 1.19. The van der Waals surface area contributed by atoms with Gasteiger partial charge < -0.3 is 5.11 Å². The molecule has 1 unspecified atom stereocenters. The molecule has 78 valence electrons. The highest BCUT2D eigenvalue weighted by Crippen LogP contribution is 2.13. The molecule has 1 aromatic rings. The normalized spacial score (nSPS) is 12.8. The van der Waals surface area contributed by atoms with E-state index >= 15 is 0 Å². The molecule has 1 N–H and O–H groups in total. The van der Waals surface area contributed by atoms with Gasteiger partial charge in [-0.15, -0.1) is 0 Å². The van der Waals surface area contributed by atoms with Crippen molar-refractivity contribution in [2.45, 2.75) is 19.8 Å². The van der Waals surface area contributed by atoms with Crippen molar-refractivity contribution in [2.75, 3.05) is 0 Å². The lowest BCUT2D eigenvalue weighted by Gasteiger charge is -2.05. The van der Waals surface area contributed by atoms with Gasteiger partial charge in [0.15, 0.2) is 0 Å². The number of hydrogen-bond donors (Lipinski definition) is 1.